The second-order valence-electron chi connectivity index (χ2n) is 10.2. The number of hydrogen-bond donors (Lipinski definition) is 0. The van der Waals surface area contributed by atoms with Gasteiger partial charge in [-0.3, -0.25) is 4.79 Å². The van der Waals surface area contributed by atoms with Gasteiger partial charge in [0.05, 0.1) is 15.1 Å². The molecule has 1 amide bonds. The minimum atomic E-state index is -3.55. The molecule has 0 bridgehead atoms. The van der Waals surface area contributed by atoms with E-state index in [1.54, 1.807) is 39.9 Å². The lowest BCUT2D eigenvalue weighted by molar-refractivity contribution is 0.0746. The number of carbonyl (C=O) groups is 1. The summed E-state index contributed by atoms with van der Waals surface area (Å²) in [5.41, 5.74) is 2.87. The van der Waals surface area contributed by atoms with Crippen LogP contribution in [0.5, 0.6) is 0 Å². The maximum atomic E-state index is 13.2. The molecule has 2 aliphatic rings. The molecule has 2 aromatic carbocycles. The van der Waals surface area contributed by atoms with Gasteiger partial charge in [-0.15, -0.1) is 0 Å². The summed E-state index contributed by atoms with van der Waals surface area (Å²) < 4.78 is 29.1. The van der Waals surface area contributed by atoms with Crippen molar-refractivity contribution in [3.05, 3.63) is 53.6 Å². The van der Waals surface area contributed by atoms with Gasteiger partial charge < -0.3 is 9.80 Å². The number of anilines is 1. The van der Waals surface area contributed by atoms with Crippen LogP contribution in [-0.2, 0) is 16.4 Å². The van der Waals surface area contributed by atoms with Crippen molar-refractivity contribution in [3.63, 3.8) is 0 Å². The van der Waals surface area contributed by atoms with Crippen LogP contribution in [0.1, 0.15) is 43.1 Å². The van der Waals surface area contributed by atoms with Crippen LogP contribution in [0.15, 0.2) is 47.4 Å². The van der Waals surface area contributed by atoms with Crippen molar-refractivity contribution in [2.24, 2.45) is 11.8 Å². The zero-order chi connectivity index (χ0) is 25.4. The van der Waals surface area contributed by atoms with Gasteiger partial charge in [0.2, 0.25) is 10.0 Å². The Kier molecular flexibility index (Phi) is 7.07. The Morgan fingerprint density at radius 2 is 1.67 bits per heavy atom. The lowest BCUT2D eigenvalue weighted by Crippen LogP contribution is -2.48. The Bertz CT molecular complexity index is 1340. The van der Waals surface area contributed by atoms with E-state index in [1.807, 2.05) is 4.90 Å². The van der Waals surface area contributed by atoms with E-state index in [0.29, 0.717) is 43.6 Å². The molecule has 3 heterocycles. The quantitative estimate of drug-likeness (QED) is 0.490. The minimum absolute atomic E-state index is 0.0589. The average Bonchev–Trinajstić information content (AvgIpc) is 3.32. The molecular weight excluding hydrogens is 492 g/mol. The topological polar surface area (TPSA) is 73.8 Å². The van der Waals surface area contributed by atoms with E-state index in [-0.39, 0.29) is 10.8 Å². The molecule has 1 aromatic heterocycles. The number of rotatable bonds is 5. The van der Waals surface area contributed by atoms with E-state index >= 15 is 0 Å². The highest BCUT2D eigenvalue weighted by Gasteiger charge is 2.32. The molecule has 192 valence electrons. The number of para-hydroxylation sites is 1. The summed E-state index contributed by atoms with van der Waals surface area (Å²) in [6, 6.07) is 12.8. The molecule has 7 nitrogen and oxygen atoms in total. The van der Waals surface area contributed by atoms with Crippen LogP contribution in [0.3, 0.4) is 0 Å². The lowest BCUT2D eigenvalue weighted by atomic mass is 9.94. The SMILES string of the molecule is CCc1cccc2sc(N3CCN(C(=O)c4ccc(S(=O)(=O)N5CC(C)CC(C)C5)cc4)CC3)nc12. The standard InChI is InChI=1S/C27H34N4O3S2/c1-4-21-6-5-7-24-25(21)28-27(35-24)30-14-12-29(13-15-30)26(32)22-8-10-23(11-9-22)36(33,34)31-17-19(2)16-20(3)18-31/h5-11,19-20H,4,12-18H2,1-3H3. The number of carbonyl (C=O) groups excluding carboxylic acids is 1. The maximum absolute atomic E-state index is 13.2. The number of aryl methyl sites for hydroxylation is 1. The molecule has 0 spiro atoms. The molecule has 0 aliphatic carbocycles. The number of amides is 1. The number of piperazine rings is 1. The Balaban J connectivity index is 1.23. The summed E-state index contributed by atoms with van der Waals surface area (Å²) in [6.45, 7) is 10.1. The maximum Gasteiger partial charge on any atom is 0.253 e. The third-order valence-electron chi connectivity index (χ3n) is 7.28. The first kappa shape index (κ1) is 25.2. The number of nitrogens with zero attached hydrogens (tertiary/aromatic N) is 4. The van der Waals surface area contributed by atoms with Crippen LogP contribution < -0.4 is 4.90 Å². The average molecular weight is 527 g/mol. The van der Waals surface area contributed by atoms with Crippen molar-refractivity contribution in [1.82, 2.24) is 14.2 Å². The highest BCUT2D eigenvalue weighted by Crippen LogP contribution is 2.32. The second-order valence-corrected chi connectivity index (χ2v) is 13.1. The number of thiazole rings is 1. The van der Waals surface area contributed by atoms with Gasteiger partial charge in [0, 0.05) is 44.8 Å². The van der Waals surface area contributed by atoms with Crippen molar-refractivity contribution in [3.8, 4) is 0 Å². The molecule has 0 saturated carbocycles. The van der Waals surface area contributed by atoms with Crippen molar-refractivity contribution >= 4 is 42.6 Å². The fraction of sp³-hybridized carbons (Fsp3) is 0.481. The van der Waals surface area contributed by atoms with Crippen molar-refractivity contribution in [2.75, 3.05) is 44.2 Å². The molecular formula is C27H34N4O3S2. The van der Waals surface area contributed by atoms with E-state index in [9.17, 15) is 13.2 Å². The zero-order valence-electron chi connectivity index (χ0n) is 21.2. The van der Waals surface area contributed by atoms with Crippen LogP contribution in [0.25, 0.3) is 10.2 Å². The third-order valence-corrected chi connectivity index (χ3v) is 10.2. The number of piperidine rings is 1. The van der Waals surface area contributed by atoms with Gasteiger partial charge in [-0.05, 0) is 60.6 Å². The number of benzene rings is 2. The molecule has 2 atom stereocenters. The Labute approximate surface area is 217 Å². The van der Waals surface area contributed by atoms with E-state index in [0.717, 1.165) is 36.6 Å². The summed E-state index contributed by atoms with van der Waals surface area (Å²) in [5, 5.41) is 1.01. The van der Waals surface area contributed by atoms with Gasteiger partial charge >= 0.3 is 0 Å². The first-order valence-electron chi connectivity index (χ1n) is 12.8. The van der Waals surface area contributed by atoms with Crippen LogP contribution in [0.2, 0.25) is 0 Å². The van der Waals surface area contributed by atoms with Gasteiger partial charge in [0.25, 0.3) is 5.91 Å². The molecule has 36 heavy (non-hydrogen) atoms. The van der Waals surface area contributed by atoms with Crippen molar-refractivity contribution < 1.29 is 13.2 Å². The lowest BCUT2D eigenvalue weighted by Gasteiger charge is -2.35. The summed E-state index contributed by atoms with van der Waals surface area (Å²) >= 11 is 1.71. The Hall–Kier alpha value is -2.49. The highest BCUT2D eigenvalue weighted by molar-refractivity contribution is 7.89. The van der Waals surface area contributed by atoms with Gasteiger partial charge in [-0.25, -0.2) is 13.4 Å². The van der Waals surface area contributed by atoms with Crippen molar-refractivity contribution in [2.45, 2.75) is 38.5 Å². The molecule has 2 fully saturated rings. The van der Waals surface area contributed by atoms with Gasteiger partial charge in [-0.1, -0.05) is 44.2 Å². The molecule has 9 heteroatoms. The Morgan fingerprint density at radius 3 is 2.31 bits per heavy atom. The highest BCUT2D eigenvalue weighted by atomic mass is 32.2. The fourth-order valence-electron chi connectivity index (χ4n) is 5.42. The molecule has 5 rings (SSSR count). The van der Waals surface area contributed by atoms with Gasteiger partial charge in [0.1, 0.15) is 0 Å². The van der Waals surface area contributed by atoms with E-state index < -0.39 is 10.0 Å². The van der Waals surface area contributed by atoms with Gasteiger partial charge in [0.15, 0.2) is 5.13 Å². The minimum Gasteiger partial charge on any atom is -0.345 e. The fourth-order valence-corrected chi connectivity index (χ4v) is 8.16. The molecule has 0 radical (unpaired) electrons. The van der Waals surface area contributed by atoms with E-state index in [1.165, 1.54) is 10.3 Å². The predicted molar refractivity (Wildman–Crippen MR) is 145 cm³/mol. The molecule has 0 N–H and O–H groups in total. The number of hydrogen-bond acceptors (Lipinski definition) is 6. The summed E-state index contributed by atoms with van der Waals surface area (Å²) in [5.74, 6) is 0.635. The third kappa shape index (κ3) is 4.88. The monoisotopic (exact) mass is 526 g/mol. The zero-order valence-corrected chi connectivity index (χ0v) is 22.8. The van der Waals surface area contributed by atoms with E-state index in [2.05, 4.69) is 43.9 Å². The molecule has 3 aromatic rings. The smallest absolute Gasteiger partial charge is 0.253 e. The van der Waals surface area contributed by atoms with Gasteiger partial charge in [-0.2, -0.15) is 4.31 Å². The first-order chi connectivity index (χ1) is 17.3. The normalized spacial score (nSPS) is 21.8. The van der Waals surface area contributed by atoms with Crippen LogP contribution in [0.4, 0.5) is 5.13 Å². The summed E-state index contributed by atoms with van der Waals surface area (Å²) in [6.07, 6.45) is 2.00. The first-order valence-corrected chi connectivity index (χ1v) is 15.0. The van der Waals surface area contributed by atoms with Crippen LogP contribution in [0, 0.1) is 11.8 Å². The Morgan fingerprint density at radius 1 is 1.00 bits per heavy atom. The number of fused-ring (bicyclic) bond motifs is 1. The van der Waals surface area contributed by atoms with E-state index in [4.69, 9.17) is 4.98 Å². The molecule has 2 saturated heterocycles. The molecule has 2 unspecified atom stereocenters. The number of sulfonamides is 1. The van der Waals surface area contributed by atoms with Crippen LogP contribution >= 0.6 is 11.3 Å². The van der Waals surface area contributed by atoms with Crippen molar-refractivity contribution in [1.29, 1.82) is 0 Å². The predicted octanol–water partition coefficient (Wildman–Crippen LogP) is 4.49. The number of aromatic nitrogens is 1. The molecule has 2 aliphatic heterocycles. The van der Waals surface area contributed by atoms with Crippen LogP contribution in [-0.4, -0.2) is 67.8 Å². The second kappa shape index (κ2) is 10.1. The summed E-state index contributed by atoms with van der Waals surface area (Å²) in [7, 11) is -3.55. The largest absolute Gasteiger partial charge is 0.345 e. The summed E-state index contributed by atoms with van der Waals surface area (Å²) in [4.78, 5) is 22.4.